The Hall–Kier alpha value is -4.13. The smallest absolute Gasteiger partial charge is 0.300 e. The number of ether oxygens (including phenoxy) is 2. The van der Waals surface area contributed by atoms with Crippen molar-refractivity contribution in [3.8, 4) is 11.5 Å². The molecular weight excluding hydrogens is 425 g/mol. The topological polar surface area (TPSA) is 76.1 Å². The van der Waals surface area contributed by atoms with Gasteiger partial charge < -0.3 is 14.6 Å². The van der Waals surface area contributed by atoms with Gasteiger partial charge in [-0.05, 0) is 60.5 Å². The highest BCUT2D eigenvalue weighted by atomic mass is 19.1. The second-order valence-corrected chi connectivity index (χ2v) is 7.92. The van der Waals surface area contributed by atoms with Crippen molar-refractivity contribution in [1.29, 1.82) is 0 Å². The summed E-state index contributed by atoms with van der Waals surface area (Å²) in [5, 5.41) is 11.2. The fourth-order valence-corrected chi connectivity index (χ4v) is 4.18. The van der Waals surface area contributed by atoms with Crippen LogP contribution in [-0.2, 0) is 9.59 Å². The van der Waals surface area contributed by atoms with Crippen LogP contribution in [0.15, 0.2) is 72.3 Å². The molecule has 0 bridgehead atoms. The Morgan fingerprint density at radius 1 is 0.970 bits per heavy atom. The molecule has 2 heterocycles. The summed E-state index contributed by atoms with van der Waals surface area (Å²) in [6.45, 7) is 2.66. The predicted octanol–water partition coefficient (Wildman–Crippen LogP) is 4.53. The quantitative estimate of drug-likeness (QED) is 0.364. The van der Waals surface area contributed by atoms with Crippen molar-refractivity contribution in [2.45, 2.75) is 13.0 Å². The van der Waals surface area contributed by atoms with Gasteiger partial charge in [-0.25, -0.2) is 4.39 Å². The van der Waals surface area contributed by atoms with Crippen molar-refractivity contribution in [2.24, 2.45) is 0 Å². The molecule has 1 atom stereocenters. The molecule has 1 unspecified atom stereocenters. The highest BCUT2D eigenvalue weighted by Gasteiger charge is 2.47. The molecule has 0 aliphatic carbocycles. The normalized spacial score (nSPS) is 19.1. The van der Waals surface area contributed by atoms with Crippen LogP contribution in [0.5, 0.6) is 11.5 Å². The van der Waals surface area contributed by atoms with Crippen LogP contribution in [-0.4, -0.2) is 30.0 Å². The van der Waals surface area contributed by atoms with Gasteiger partial charge >= 0.3 is 0 Å². The number of carbonyl (C=O) groups is 2. The highest BCUT2D eigenvalue weighted by Crippen LogP contribution is 2.43. The predicted molar refractivity (Wildman–Crippen MR) is 120 cm³/mol. The number of aryl methyl sites for hydroxylation is 1. The molecule has 1 saturated heterocycles. The zero-order valence-corrected chi connectivity index (χ0v) is 17.7. The SMILES string of the molecule is Cc1cccc(N2C(=O)C(=O)/C(=C(\O)c3ccc4c(c3)OCCO4)C2c2ccc(F)cc2)c1. The van der Waals surface area contributed by atoms with Gasteiger partial charge in [-0.3, -0.25) is 14.5 Å². The molecule has 166 valence electrons. The second kappa shape index (κ2) is 8.09. The molecular formula is C26H20FNO5. The van der Waals surface area contributed by atoms with Gasteiger partial charge in [-0.1, -0.05) is 24.3 Å². The van der Waals surface area contributed by atoms with Crippen LogP contribution in [0.25, 0.3) is 5.76 Å². The number of Topliss-reactive ketones (excluding diaryl/α,β-unsaturated/α-hetero) is 1. The van der Waals surface area contributed by atoms with Crippen molar-refractivity contribution >= 4 is 23.1 Å². The third kappa shape index (κ3) is 3.61. The van der Waals surface area contributed by atoms with E-state index in [-0.39, 0.29) is 11.3 Å². The number of amides is 1. The van der Waals surface area contributed by atoms with E-state index in [0.29, 0.717) is 41.5 Å². The number of rotatable bonds is 3. The fourth-order valence-electron chi connectivity index (χ4n) is 4.18. The van der Waals surface area contributed by atoms with Crippen molar-refractivity contribution in [1.82, 2.24) is 0 Å². The third-order valence-electron chi connectivity index (χ3n) is 5.73. The fraction of sp³-hybridized carbons (Fsp3) is 0.154. The van der Waals surface area contributed by atoms with E-state index in [9.17, 15) is 19.1 Å². The minimum atomic E-state index is -0.930. The summed E-state index contributed by atoms with van der Waals surface area (Å²) < 4.78 is 24.8. The van der Waals surface area contributed by atoms with Crippen LogP contribution in [0.2, 0.25) is 0 Å². The van der Waals surface area contributed by atoms with Crippen LogP contribution < -0.4 is 14.4 Å². The Balaban J connectivity index is 1.69. The summed E-state index contributed by atoms with van der Waals surface area (Å²) in [4.78, 5) is 27.7. The standard InChI is InChI=1S/C26H20FNO5/c1-15-3-2-4-19(13-15)28-23(16-5-8-18(27)9-6-16)22(25(30)26(28)31)24(29)17-7-10-20-21(14-17)33-12-11-32-20/h2-10,13-14,23,29H,11-12H2,1H3/b24-22-. The summed E-state index contributed by atoms with van der Waals surface area (Å²) in [5.41, 5.74) is 2.14. The molecule has 5 rings (SSSR count). The first kappa shape index (κ1) is 20.8. The average molecular weight is 445 g/mol. The lowest BCUT2D eigenvalue weighted by Gasteiger charge is -2.26. The molecule has 7 heteroatoms. The van der Waals surface area contributed by atoms with Gasteiger partial charge in [0.25, 0.3) is 11.7 Å². The number of aliphatic hydroxyl groups excluding tert-OH is 1. The molecule has 0 aromatic heterocycles. The minimum Gasteiger partial charge on any atom is -0.507 e. The van der Waals surface area contributed by atoms with Crippen molar-refractivity contribution in [2.75, 3.05) is 18.1 Å². The van der Waals surface area contributed by atoms with Crippen LogP contribution >= 0.6 is 0 Å². The summed E-state index contributed by atoms with van der Waals surface area (Å²) in [5.74, 6) is -1.40. The Labute approximate surface area is 189 Å². The Morgan fingerprint density at radius 3 is 2.42 bits per heavy atom. The van der Waals surface area contributed by atoms with Crippen molar-refractivity contribution < 1.29 is 28.6 Å². The average Bonchev–Trinajstić information content (AvgIpc) is 3.09. The van der Waals surface area contributed by atoms with Gasteiger partial charge in [0.05, 0.1) is 11.6 Å². The molecule has 3 aromatic rings. The number of hydrogen-bond acceptors (Lipinski definition) is 5. The molecule has 2 aliphatic rings. The molecule has 33 heavy (non-hydrogen) atoms. The maximum atomic E-state index is 13.6. The van der Waals surface area contributed by atoms with Gasteiger partial charge in [0.2, 0.25) is 0 Å². The molecule has 1 amide bonds. The number of fused-ring (bicyclic) bond motifs is 1. The first-order chi connectivity index (χ1) is 15.9. The van der Waals surface area contributed by atoms with Crippen LogP contribution in [0.1, 0.15) is 22.7 Å². The van der Waals surface area contributed by atoms with Gasteiger partial charge in [-0.2, -0.15) is 0 Å². The largest absolute Gasteiger partial charge is 0.507 e. The third-order valence-corrected chi connectivity index (χ3v) is 5.73. The molecule has 1 fully saturated rings. The highest BCUT2D eigenvalue weighted by molar-refractivity contribution is 6.51. The van der Waals surface area contributed by atoms with Gasteiger partial charge in [-0.15, -0.1) is 0 Å². The minimum absolute atomic E-state index is 0.0789. The second-order valence-electron chi connectivity index (χ2n) is 7.92. The summed E-state index contributed by atoms with van der Waals surface area (Å²) in [7, 11) is 0. The van der Waals surface area contributed by atoms with E-state index in [1.54, 1.807) is 36.4 Å². The lowest BCUT2D eigenvalue weighted by molar-refractivity contribution is -0.132. The van der Waals surface area contributed by atoms with Crippen LogP contribution in [0.3, 0.4) is 0 Å². The summed E-state index contributed by atoms with van der Waals surface area (Å²) >= 11 is 0. The van der Waals surface area contributed by atoms with E-state index in [1.807, 2.05) is 13.0 Å². The number of nitrogens with zero attached hydrogens (tertiary/aromatic N) is 1. The van der Waals surface area contributed by atoms with Crippen LogP contribution in [0, 0.1) is 12.7 Å². The molecule has 1 N–H and O–H groups in total. The number of aliphatic hydroxyl groups is 1. The molecule has 2 aliphatic heterocycles. The van der Waals surface area contributed by atoms with E-state index in [2.05, 4.69) is 0 Å². The number of carbonyl (C=O) groups excluding carboxylic acids is 2. The number of ketones is 1. The first-order valence-electron chi connectivity index (χ1n) is 10.5. The Morgan fingerprint density at radius 2 is 1.70 bits per heavy atom. The van der Waals surface area contributed by atoms with Crippen molar-refractivity contribution in [3.63, 3.8) is 0 Å². The zero-order valence-electron chi connectivity index (χ0n) is 17.7. The lowest BCUT2D eigenvalue weighted by Crippen LogP contribution is -2.29. The summed E-state index contributed by atoms with van der Waals surface area (Å²) in [6, 6.07) is 16.6. The first-order valence-corrected chi connectivity index (χ1v) is 10.5. The maximum absolute atomic E-state index is 13.6. The van der Waals surface area contributed by atoms with E-state index >= 15 is 0 Å². The molecule has 0 radical (unpaired) electrons. The van der Waals surface area contributed by atoms with E-state index in [0.717, 1.165) is 5.56 Å². The van der Waals surface area contributed by atoms with E-state index in [1.165, 1.54) is 29.2 Å². The molecule has 3 aromatic carbocycles. The number of anilines is 1. The number of halogens is 1. The van der Waals surface area contributed by atoms with E-state index in [4.69, 9.17) is 9.47 Å². The lowest BCUT2D eigenvalue weighted by atomic mass is 9.95. The molecule has 0 saturated carbocycles. The molecule has 6 nitrogen and oxygen atoms in total. The van der Waals surface area contributed by atoms with Gasteiger partial charge in [0.1, 0.15) is 24.8 Å². The molecule has 0 spiro atoms. The number of benzene rings is 3. The van der Waals surface area contributed by atoms with Gasteiger partial charge in [0.15, 0.2) is 11.5 Å². The Kier molecular flexibility index (Phi) is 5.09. The summed E-state index contributed by atoms with van der Waals surface area (Å²) in [6.07, 6.45) is 0. The zero-order chi connectivity index (χ0) is 23.1. The van der Waals surface area contributed by atoms with Gasteiger partial charge in [0, 0.05) is 11.3 Å². The van der Waals surface area contributed by atoms with Crippen molar-refractivity contribution in [3.05, 3.63) is 94.8 Å². The number of hydrogen-bond donors (Lipinski definition) is 1. The van der Waals surface area contributed by atoms with E-state index < -0.39 is 23.5 Å². The Bertz CT molecular complexity index is 1300. The maximum Gasteiger partial charge on any atom is 0.300 e. The van der Waals surface area contributed by atoms with Crippen LogP contribution in [0.4, 0.5) is 10.1 Å². The monoisotopic (exact) mass is 445 g/mol.